The van der Waals surface area contributed by atoms with Crippen molar-refractivity contribution < 1.29 is 4.39 Å². The molecule has 1 aromatic heterocycles. The summed E-state index contributed by atoms with van der Waals surface area (Å²) in [6.45, 7) is 2.07. The molecule has 0 aliphatic carbocycles. The highest BCUT2D eigenvalue weighted by molar-refractivity contribution is 5.84. The van der Waals surface area contributed by atoms with Crippen LogP contribution in [0.3, 0.4) is 0 Å². The number of aromatic amines is 1. The molecule has 1 aliphatic heterocycles. The lowest BCUT2D eigenvalue weighted by Gasteiger charge is -2.22. The van der Waals surface area contributed by atoms with E-state index in [1.807, 2.05) is 12.3 Å². The predicted octanol–water partition coefficient (Wildman–Crippen LogP) is 2.77. The van der Waals surface area contributed by atoms with Crippen molar-refractivity contribution in [3.63, 3.8) is 0 Å². The van der Waals surface area contributed by atoms with Gasteiger partial charge < -0.3 is 10.3 Å². The first kappa shape index (κ1) is 9.85. The first-order valence-electron chi connectivity index (χ1n) is 5.82. The number of rotatable bonds is 1. The van der Waals surface area contributed by atoms with Crippen LogP contribution < -0.4 is 5.32 Å². The second-order valence-corrected chi connectivity index (χ2v) is 4.43. The Morgan fingerprint density at radius 1 is 1.19 bits per heavy atom. The van der Waals surface area contributed by atoms with Crippen molar-refractivity contribution in [2.45, 2.75) is 18.8 Å². The number of aromatic nitrogens is 1. The van der Waals surface area contributed by atoms with Crippen LogP contribution in [0.4, 0.5) is 4.39 Å². The molecule has 0 spiro atoms. The molecule has 1 fully saturated rings. The Kier molecular flexibility index (Phi) is 2.40. The average Bonchev–Trinajstić information content (AvgIpc) is 2.75. The van der Waals surface area contributed by atoms with E-state index < -0.39 is 0 Å². The zero-order chi connectivity index (χ0) is 11.0. The molecule has 0 amide bonds. The van der Waals surface area contributed by atoms with Crippen LogP contribution in [0.2, 0.25) is 0 Å². The second-order valence-electron chi connectivity index (χ2n) is 4.43. The highest BCUT2D eigenvalue weighted by atomic mass is 19.1. The van der Waals surface area contributed by atoms with Gasteiger partial charge in [0.2, 0.25) is 0 Å². The average molecular weight is 218 g/mol. The van der Waals surface area contributed by atoms with E-state index in [9.17, 15) is 4.39 Å². The largest absolute Gasteiger partial charge is 0.361 e. The van der Waals surface area contributed by atoms with Gasteiger partial charge in [0.15, 0.2) is 0 Å². The maximum absolute atomic E-state index is 13.8. The molecule has 1 saturated heterocycles. The van der Waals surface area contributed by atoms with Crippen LogP contribution in [0.25, 0.3) is 10.9 Å². The van der Waals surface area contributed by atoms with E-state index in [0.717, 1.165) is 42.4 Å². The monoisotopic (exact) mass is 218 g/mol. The third-order valence-electron chi connectivity index (χ3n) is 3.46. The van der Waals surface area contributed by atoms with Gasteiger partial charge in [-0.2, -0.15) is 0 Å². The molecule has 2 N–H and O–H groups in total. The van der Waals surface area contributed by atoms with Crippen LogP contribution in [0.5, 0.6) is 0 Å². The molecule has 3 rings (SSSR count). The van der Waals surface area contributed by atoms with Gasteiger partial charge in [-0.25, -0.2) is 4.39 Å². The van der Waals surface area contributed by atoms with Crippen LogP contribution in [-0.2, 0) is 0 Å². The first-order chi connectivity index (χ1) is 7.86. The maximum Gasteiger partial charge on any atom is 0.132 e. The van der Waals surface area contributed by atoms with Gasteiger partial charge in [0, 0.05) is 17.1 Å². The molecular formula is C13H15FN2. The minimum Gasteiger partial charge on any atom is -0.361 e. The lowest BCUT2D eigenvalue weighted by atomic mass is 9.90. The number of H-pyrrole nitrogens is 1. The summed E-state index contributed by atoms with van der Waals surface area (Å²) in [6, 6.07) is 5.23. The van der Waals surface area contributed by atoms with Gasteiger partial charge in [0.1, 0.15) is 5.82 Å². The molecular weight excluding hydrogens is 203 g/mol. The van der Waals surface area contributed by atoms with Crippen molar-refractivity contribution >= 4 is 10.9 Å². The standard InChI is InChI=1S/C13H15FN2/c14-11-2-1-3-12-13(11)10(8-16-12)9-4-6-15-7-5-9/h1-3,8-9,15-16H,4-7H2. The lowest BCUT2D eigenvalue weighted by molar-refractivity contribution is 0.461. The van der Waals surface area contributed by atoms with E-state index in [1.54, 1.807) is 12.1 Å². The van der Waals surface area contributed by atoms with E-state index in [0.29, 0.717) is 5.92 Å². The number of benzene rings is 1. The molecule has 1 aliphatic rings. The number of fused-ring (bicyclic) bond motifs is 1. The summed E-state index contributed by atoms with van der Waals surface area (Å²) in [5, 5.41) is 4.12. The maximum atomic E-state index is 13.8. The molecule has 0 unspecified atom stereocenters. The number of hydrogen-bond acceptors (Lipinski definition) is 1. The first-order valence-corrected chi connectivity index (χ1v) is 5.82. The fourth-order valence-corrected chi connectivity index (χ4v) is 2.62. The number of halogens is 1. The molecule has 2 heterocycles. The lowest BCUT2D eigenvalue weighted by Crippen LogP contribution is -2.26. The highest BCUT2D eigenvalue weighted by Gasteiger charge is 2.19. The zero-order valence-corrected chi connectivity index (χ0v) is 9.09. The van der Waals surface area contributed by atoms with Gasteiger partial charge in [-0.3, -0.25) is 0 Å². The molecule has 0 radical (unpaired) electrons. The molecule has 0 atom stereocenters. The fraction of sp³-hybridized carbons (Fsp3) is 0.385. The van der Waals surface area contributed by atoms with E-state index in [-0.39, 0.29) is 5.82 Å². The quantitative estimate of drug-likeness (QED) is 0.756. The summed E-state index contributed by atoms with van der Waals surface area (Å²) < 4.78 is 13.8. The van der Waals surface area contributed by atoms with E-state index in [4.69, 9.17) is 0 Å². The molecule has 16 heavy (non-hydrogen) atoms. The molecule has 0 bridgehead atoms. The number of hydrogen-bond donors (Lipinski definition) is 2. The minimum atomic E-state index is -0.104. The minimum absolute atomic E-state index is 0.104. The van der Waals surface area contributed by atoms with Gasteiger partial charge in [0.25, 0.3) is 0 Å². The Morgan fingerprint density at radius 3 is 2.81 bits per heavy atom. The normalized spacial score (nSPS) is 18.1. The van der Waals surface area contributed by atoms with Crippen molar-refractivity contribution in [2.24, 2.45) is 0 Å². The smallest absolute Gasteiger partial charge is 0.132 e. The van der Waals surface area contributed by atoms with E-state index in [2.05, 4.69) is 10.3 Å². The summed E-state index contributed by atoms with van der Waals surface area (Å²) in [5.41, 5.74) is 2.06. The van der Waals surface area contributed by atoms with Crippen molar-refractivity contribution in [3.8, 4) is 0 Å². The van der Waals surface area contributed by atoms with Crippen LogP contribution in [0.1, 0.15) is 24.3 Å². The Hall–Kier alpha value is -1.35. The van der Waals surface area contributed by atoms with Crippen molar-refractivity contribution in [1.29, 1.82) is 0 Å². The summed E-state index contributed by atoms with van der Waals surface area (Å²) in [7, 11) is 0. The SMILES string of the molecule is Fc1cccc2[nH]cc(C3CCNCC3)c12. The molecule has 2 aromatic rings. The Balaban J connectivity index is 2.09. The van der Waals surface area contributed by atoms with Gasteiger partial charge in [-0.05, 0) is 49.5 Å². The summed E-state index contributed by atoms with van der Waals surface area (Å²) >= 11 is 0. The van der Waals surface area contributed by atoms with Crippen LogP contribution in [0, 0.1) is 5.82 Å². The highest BCUT2D eigenvalue weighted by Crippen LogP contribution is 2.32. The Labute approximate surface area is 93.9 Å². The summed E-state index contributed by atoms with van der Waals surface area (Å²) in [5.74, 6) is 0.388. The molecule has 2 nitrogen and oxygen atoms in total. The van der Waals surface area contributed by atoms with Crippen molar-refractivity contribution in [1.82, 2.24) is 10.3 Å². The molecule has 84 valence electrons. The molecule has 1 aromatic carbocycles. The van der Waals surface area contributed by atoms with Gasteiger partial charge in [0.05, 0.1) is 0 Å². The van der Waals surface area contributed by atoms with Crippen molar-refractivity contribution in [2.75, 3.05) is 13.1 Å². The van der Waals surface area contributed by atoms with Gasteiger partial charge in [-0.15, -0.1) is 0 Å². The topological polar surface area (TPSA) is 27.8 Å². The molecule has 0 saturated carbocycles. The van der Waals surface area contributed by atoms with E-state index >= 15 is 0 Å². The third-order valence-corrected chi connectivity index (χ3v) is 3.46. The number of piperidine rings is 1. The van der Waals surface area contributed by atoms with Crippen LogP contribution in [-0.4, -0.2) is 18.1 Å². The Bertz CT molecular complexity index is 498. The summed E-state index contributed by atoms with van der Waals surface area (Å²) in [6.07, 6.45) is 4.17. The van der Waals surface area contributed by atoms with Gasteiger partial charge >= 0.3 is 0 Å². The Morgan fingerprint density at radius 2 is 2.00 bits per heavy atom. The third kappa shape index (κ3) is 1.52. The van der Waals surface area contributed by atoms with Crippen molar-refractivity contribution in [3.05, 3.63) is 35.8 Å². The number of nitrogens with one attached hydrogen (secondary N) is 2. The van der Waals surface area contributed by atoms with Gasteiger partial charge in [-0.1, -0.05) is 6.07 Å². The van der Waals surface area contributed by atoms with E-state index in [1.165, 1.54) is 0 Å². The summed E-state index contributed by atoms with van der Waals surface area (Å²) in [4.78, 5) is 3.17. The molecule has 3 heteroatoms. The van der Waals surface area contributed by atoms with Crippen LogP contribution in [0.15, 0.2) is 24.4 Å². The second kappa shape index (κ2) is 3.91. The predicted molar refractivity (Wildman–Crippen MR) is 63.1 cm³/mol. The zero-order valence-electron chi connectivity index (χ0n) is 9.09. The van der Waals surface area contributed by atoms with Crippen LogP contribution >= 0.6 is 0 Å². The fourth-order valence-electron chi connectivity index (χ4n) is 2.62.